The molecule has 0 N–H and O–H groups in total. The van der Waals surface area contributed by atoms with Crippen LogP contribution in [0.1, 0.15) is 26.2 Å². The van der Waals surface area contributed by atoms with Crippen LogP contribution in [0.5, 0.6) is 0 Å². The van der Waals surface area contributed by atoms with Crippen molar-refractivity contribution in [1.29, 1.82) is 0 Å². The Morgan fingerprint density at radius 1 is 0.833 bits per heavy atom. The summed E-state index contributed by atoms with van der Waals surface area (Å²) in [5.74, 6) is 0. The minimum absolute atomic E-state index is 0.778. The zero-order chi connectivity index (χ0) is 24.7. The molecule has 0 rings (SSSR count). The molecule has 16 heteroatoms. The van der Waals surface area contributed by atoms with Gasteiger partial charge in [0.1, 0.15) is 6.54 Å². The van der Waals surface area contributed by atoms with Gasteiger partial charge in [-0.3, -0.25) is 0 Å². The third kappa shape index (κ3) is 13.8. The van der Waals surface area contributed by atoms with Gasteiger partial charge in [-0.25, -0.2) is 16.8 Å². The Morgan fingerprint density at radius 2 is 1.23 bits per heavy atom. The van der Waals surface area contributed by atoms with E-state index in [4.69, 9.17) is 4.43 Å². The van der Waals surface area contributed by atoms with Crippen molar-refractivity contribution in [1.82, 2.24) is 0 Å². The number of likely N-dealkylation sites (N-methyl/N-ethyl adjacent to an activating group) is 1. The first kappa shape index (κ1) is 31.8. The maximum Gasteiger partial charge on any atom is 0.480 e. The summed E-state index contributed by atoms with van der Waals surface area (Å²) in [5, 5.41) is 0. The predicted octanol–water partition coefficient (Wildman–Crippen LogP) is 4.16. The van der Waals surface area contributed by atoms with Gasteiger partial charge in [-0.05, 0) is 32.5 Å². The number of alkyl halides is 6. The van der Waals surface area contributed by atoms with Crippen LogP contribution in [0, 0.1) is 0 Å². The second-order valence-corrected chi connectivity index (χ2v) is 15.9. The van der Waals surface area contributed by atoms with Gasteiger partial charge in [0.25, 0.3) is 0 Å². The van der Waals surface area contributed by atoms with Crippen molar-refractivity contribution in [3.05, 3.63) is 4.13 Å². The van der Waals surface area contributed by atoms with Gasteiger partial charge in [-0.15, -0.1) is 0 Å². The van der Waals surface area contributed by atoms with E-state index in [1.165, 1.54) is 25.8 Å². The van der Waals surface area contributed by atoms with E-state index >= 15 is 0 Å². The van der Waals surface area contributed by atoms with Crippen molar-refractivity contribution in [3.63, 3.8) is 0 Å². The normalized spacial score (nSPS) is 14.3. The summed E-state index contributed by atoms with van der Waals surface area (Å²) in [5.41, 5.74) is -12.4. The first-order valence-corrected chi connectivity index (χ1v) is 15.1. The SMILES string of the molecule is CCCCC[N+](C)(C)CCO[Si](C)(C)C.O=S(=O)([N-]S(=O)(=O)C(F)(F)F)C(F)(F)F. The second kappa shape index (κ2) is 11.4. The Labute approximate surface area is 175 Å². The van der Waals surface area contributed by atoms with Gasteiger partial charge in [-0.2, -0.15) is 26.3 Å². The van der Waals surface area contributed by atoms with E-state index in [0.717, 1.165) is 21.8 Å². The highest BCUT2D eigenvalue weighted by molar-refractivity contribution is 8.13. The molecule has 0 radical (unpaired) electrons. The number of unbranched alkanes of at least 4 members (excludes halogenated alkanes) is 2. The van der Waals surface area contributed by atoms with E-state index < -0.39 is 39.4 Å². The number of nitrogens with zero attached hydrogens (tertiary/aromatic N) is 2. The van der Waals surface area contributed by atoms with Crippen molar-refractivity contribution >= 4 is 28.4 Å². The number of sulfonamides is 2. The van der Waals surface area contributed by atoms with Crippen LogP contribution >= 0.6 is 0 Å². The van der Waals surface area contributed by atoms with Crippen LogP contribution in [0.2, 0.25) is 19.6 Å². The molecule has 0 heterocycles. The van der Waals surface area contributed by atoms with Gasteiger partial charge in [0.15, 0.2) is 28.4 Å². The minimum Gasteiger partial charge on any atom is -0.421 e. The summed E-state index contributed by atoms with van der Waals surface area (Å²) in [7, 11) is -10.1. The standard InChI is InChI=1S/C12H30NOSi.C2F6NO4S2/c1-7-8-9-10-13(2,3)11-12-14-15(4,5)6;3-1(4,5)14(10,11)9-15(12,13)2(6,7)8/h7-12H2,1-6H3;/q+1;-1. The lowest BCUT2D eigenvalue weighted by Crippen LogP contribution is -2.44. The Hall–Kier alpha value is -0.423. The van der Waals surface area contributed by atoms with Gasteiger partial charge in [0, 0.05) is 0 Å². The Kier molecular flexibility index (Phi) is 12.1. The quantitative estimate of drug-likeness (QED) is 0.190. The highest BCUT2D eigenvalue weighted by atomic mass is 32.3. The van der Waals surface area contributed by atoms with Crippen LogP contribution in [0.25, 0.3) is 4.13 Å². The van der Waals surface area contributed by atoms with Crippen molar-refractivity contribution in [3.8, 4) is 0 Å². The molecule has 0 aromatic heterocycles. The molecule has 0 saturated heterocycles. The molecule has 7 nitrogen and oxygen atoms in total. The van der Waals surface area contributed by atoms with Gasteiger partial charge < -0.3 is 13.0 Å². The average Bonchev–Trinajstić information content (AvgIpc) is 2.42. The van der Waals surface area contributed by atoms with E-state index in [0.29, 0.717) is 0 Å². The summed E-state index contributed by atoms with van der Waals surface area (Å²) >= 11 is 0. The van der Waals surface area contributed by atoms with E-state index in [-0.39, 0.29) is 0 Å². The molecule has 0 amide bonds. The van der Waals surface area contributed by atoms with Gasteiger partial charge in [0.05, 0.1) is 27.2 Å². The third-order valence-electron chi connectivity index (χ3n) is 3.38. The maximum absolute atomic E-state index is 11.4. The fraction of sp³-hybridized carbons (Fsp3) is 1.00. The Bertz CT molecular complexity index is 675. The summed E-state index contributed by atoms with van der Waals surface area (Å²) in [6, 6.07) is 0. The molecule has 0 fully saturated rings. The highest BCUT2D eigenvalue weighted by Crippen LogP contribution is 2.36. The Morgan fingerprint density at radius 3 is 1.53 bits per heavy atom. The van der Waals surface area contributed by atoms with E-state index in [9.17, 15) is 43.2 Å². The summed E-state index contributed by atoms with van der Waals surface area (Å²) in [6.07, 6.45) is 4.01. The van der Waals surface area contributed by atoms with Crippen molar-refractivity contribution in [2.45, 2.75) is 56.8 Å². The molecule has 0 bridgehead atoms. The van der Waals surface area contributed by atoms with Crippen LogP contribution in [0.3, 0.4) is 0 Å². The smallest absolute Gasteiger partial charge is 0.421 e. The topological polar surface area (TPSA) is 91.6 Å². The van der Waals surface area contributed by atoms with Crippen LogP contribution in [0.15, 0.2) is 0 Å². The lowest BCUT2D eigenvalue weighted by Gasteiger charge is -2.31. The molecule has 0 aliphatic heterocycles. The molecular formula is C14H30F6N2O5S2Si. The molecule has 0 aromatic rings. The molecule has 0 unspecified atom stereocenters. The number of quaternary nitrogens is 1. The fourth-order valence-electron chi connectivity index (χ4n) is 1.71. The number of halogens is 6. The zero-order valence-electron chi connectivity index (χ0n) is 17.8. The lowest BCUT2D eigenvalue weighted by molar-refractivity contribution is -0.890. The fourth-order valence-corrected chi connectivity index (χ4v) is 4.13. The van der Waals surface area contributed by atoms with E-state index in [2.05, 4.69) is 40.7 Å². The minimum atomic E-state index is -6.72. The van der Waals surface area contributed by atoms with Crippen LogP contribution in [-0.4, -0.2) is 74.4 Å². The number of rotatable bonds is 10. The molecule has 184 valence electrons. The molecule has 0 saturated carbocycles. The molecular weight excluding hydrogens is 482 g/mol. The van der Waals surface area contributed by atoms with Crippen LogP contribution in [0.4, 0.5) is 26.3 Å². The summed E-state index contributed by atoms with van der Waals surface area (Å²) < 4.78 is 116. The first-order valence-electron chi connectivity index (χ1n) is 8.80. The average molecular weight is 513 g/mol. The molecule has 0 aromatic carbocycles. The molecule has 0 aliphatic rings. The molecule has 0 aliphatic carbocycles. The second-order valence-electron chi connectivity index (χ2n) is 7.97. The van der Waals surface area contributed by atoms with Crippen molar-refractivity contribution < 1.29 is 52.1 Å². The van der Waals surface area contributed by atoms with Gasteiger partial charge in [0.2, 0.25) is 0 Å². The lowest BCUT2D eigenvalue weighted by atomic mass is 10.2. The van der Waals surface area contributed by atoms with Crippen LogP contribution in [-0.2, 0) is 24.5 Å². The van der Waals surface area contributed by atoms with Crippen molar-refractivity contribution in [2.75, 3.05) is 33.8 Å². The van der Waals surface area contributed by atoms with Crippen molar-refractivity contribution in [2.24, 2.45) is 0 Å². The summed E-state index contributed by atoms with van der Waals surface area (Å²) in [6.45, 7) is 12.4. The monoisotopic (exact) mass is 512 g/mol. The maximum atomic E-state index is 11.4. The summed E-state index contributed by atoms with van der Waals surface area (Å²) in [4.78, 5) is 0. The molecule has 0 spiro atoms. The Balaban J connectivity index is 0. The van der Waals surface area contributed by atoms with E-state index in [1.54, 1.807) is 0 Å². The predicted molar refractivity (Wildman–Crippen MR) is 104 cm³/mol. The van der Waals surface area contributed by atoms with Gasteiger partial charge >= 0.3 is 11.0 Å². The first-order chi connectivity index (χ1) is 13.0. The van der Waals surface area contributed by atoms with Crippen LogP contribution < -0.4 is 0 Å². The van der Waals surface area contributed by atoms with Gasteiger partial charge in [-0.1, -0.05) is 13.3 Å². The number of hydrogen-bond donors (Lipinski definition) is 0. The third-order valence-corrected chi connectivity index (χ3v) is 7.19. The zero-order valence-corrected chi connectivity index (χ0v) is 20.4. The highest BCUT2D eigenvalue weighted by Gasteiger charge is 2.46. The number of hydrogen-bond acceptors (Lipinski definition) is 5. The largest absolute Gasteiger partial charge is 0.480 e. The molecule has 0 atom stereocenters. The molecule has 30 heavy (non-hydrogen) atoms. The van der Waals surface area contributed by atoms with E-state index in [1.807, 2.05) is 0 Å².